The van der Waals surface area contributed by atoms with Crippen LogP contribution in [-0.2, 0) is 12.3 Å². The molecule has 0 atom stereocenters. The van der Waals surface area contributed by atoms with Crippen LogP contribution in [0.2, 0.25) is 0 Å². The van der Waals surface area contributed by atoms with Gasteiger partial charge in [0, 0.05) is 29.4 Å². The minimum Gasteiger partial charge on any atom is -0.310 e. The Balaban J connectivity index is 1.58. The number of nitrogens with zero attached hydrogens (tertiary/aromatic N) is 2. The van der Waals surface area contributed by atoms with E-state index in [0.717, 1.165) is 23.9 Å². The summed E-state index contributed by atoms with van der Waals surface area (Å²) in [6.45, 7) is 0.951. The van der Waals surface area contributed by atoms with Gasteiger partial charge in [0.1, 0.15) is 11.8 Å². The third-order valence-corrected chi connectivity index (χ3v) is 4.48. The second-order valence-corrected chi connectivity index (χ2v) is 6.30. The topological polar surface area (TPSA) is 48.7 Å². The Morgan fingerprint density at radius 1 is 1.24 bits per heavy atom. The first-order valence-electron chi connectivity index (χ1n) is 7.13. The van der Waals surface area contributed by atoms with Crippen molar-refractivity contribution in [1.82, 2.24) is 10.3 Å². The molecule has 0 unspecified atom stereocenters. The predicted octanol–water partition coefficient (Wildman–Crippen LogP) is 3.50. The number of thioether (sulfide) groups is 1. The van der Waals surface area contributed by atoms with E-state index in [9.17, 15) is 0 Å². The van der Waals surface area contributed by atoms with Gasteiger partial charge in [-0.25, -0.2) is 4.98 Å². The average molecular weight is 295 g/mol. The molecule has 21 heavy (non-hydrogen) atoms. The summed E-state index contributed by atoms with van der Waals surface area (Å²) < 4.78 is 0. The summed E-state index contributed by atoms with van der Waals surface area (Å²) >= 11 is 1.79. The molecule has 1 heterocycles. The summed E-state index contributed by atoms with van der Waals surface area (Å²) in [6.07, 6.45) is 4.33. The highest BCUT2D eigenvalue weighted by molar-refractivity contribution is 7.98. The molecule has 0 bridgehead atoms. The SMILES string of the molecule is N#Cc1cc(CSc2cccc(CNC3CC3)c2)ccn1. The fourth-order valence-electron chi connectivity index (χ4n) is 2.09. The third kappa shape index (κ3) is 4.32. The Labute approximate surface area is 129 Å². The quantitative estimate of drug-likeness (QED) is 0.829. The van der Waals surface area contributed by atoms with Gasteiger partial charge in [0.2, 0.25) is 0 Å². The second kappa shape index (κ2) is 6.75. The summed E-state index contributed by atoms with van der Waals surface area (Å²) in [4.78, 5) is 5.26. The Morgan fingerprint density at radius 3 is 2.95 bits per heavy atom. The fraction of sp³-hybridized carbons (Fsp3) is 0.294. The Morgan fingerprint density at radius 2 is 2.14 bits per heavy atom. The van der Waals surface area contributed by atoms with Crippen LogP contribution in [-0.4, -0.2) is 11.0 Å². The van der Waals surface area contributed by atoms with Gasteiger partial charge in [0.15, 0.2) is 0 Å². The van der Waals surface area contributed by atoms with E-state index in [1.54, 1.807) is 18.0 Å². The molecular formula is C17H17N3S. The number of nitrogens with one attached hydrogen (secondary N) is 1. The van der Waals surface area contributed by atoms with Crippen molar-refractivity contribution in [1.29, 1.82) is 5.26 Å². The first-order valence-corrected chi connectivity index (χ1v) is 8.12. The van der Waals surface area contributed by atoms with E-state index in [4.69, 9.17) is 5.26 Å². The van der Waals surface area contributed by atoms with Gasteiger partial charge in [-0.2, -0.15) is 5.26 Å². The standard InChI is InChI=1S/C17H17N3S/c18-10-16-8-14(6-7-19-16)12-21-17-3-1-2-13(9-17)11-20-15-4-5-15/h1-3,6-9,15,20H,4-5,11-12H2. The van der Waals surface area contributed by atoms with Gasteiger partial charge in [-0.05, 0) is 48.2 Å². The zero-order chi connectivity index (χ0) is 14.5. The van der Waals surface area contributed by atoms with Crippen molar-refractivity contribution in [3.63, 3.8) is 0 Å². The number of pyridine rings is 1. The molecule has 1 aliphatic rings. The van der Waals surface area contributed by atoms with Crippen LogP contribution in [0.5, 0.6) is 0 Å². The van der Waals surface area contributed by atoms with Crippen molar-refractivity contribution in [2.75, 3.05) is 0 Å². The van der Waals surface area contributed by atoms with E-state index in [1.807, 2.05) is 12.1 Å². The van der Waals surface area contributed by atoms with Gasteiger partial charge in [0.05, 0.1) is 0 Å². The summed E-state index contributed by atoms with van der Waals surface area (Å²) in [5.74, 6) is 0.858. The van der Waals surface area contributed by atoms with Gasteiger partial charge in [-0.1, -0.05) is 12.1 Å². The van der Waals surface area contributed by atoms with Gasteiger partial charge in [-0.15, -0.1) is 11.8 Å². The highest BCUT2D eigenvalue weighted by Gasteiger charge is 2.19. The second-order valence-electron chi connectivity index (χ2n) is 5.25. The fourth-order valence-corrected chi connectivity index (χ4v) is 3.01. The number of rotatable bonds is 6. The molecule has 0 amide bonds. The number of nitriles is 1. The highest BCUT2D eigenvalue weighted by atomic mass is 32.2. The maximum absolute atomic E-state index is 8.87. The van der Waals surface area contributed by atoms with Gasteiger partial charge < -0.3 is 5.32 Å². The Kier molecular flexibility index (Phi) is 4.54. The van der Waals surface area contributed by atoms with Crippen molar-refractivity contribution in [3.8, 4) is 6.07 Å². The lowest BCUT2D eigenvalue weighted by molar-refractivity contribution is 0.687. The molecule has 0 saturated heterocycles. The van der Waals surface area contributed by atoms with E-state index < -0.39 is 0 Å². The monoisotopic (exact) mass is 295 g/mol. The van der Waals surface area contributed by atoms with Crippen molar-refractivity contribution in [2.45, 2.75) is 36.1 Å². The van der Waals surface area contributed by atoms with Gasteiger partial charge in [0.25, 0.3) is 0 Å². The molecule has 1 aromatic carbocycles. The first kappa shape index (κ1) is 14.1. The van der Waals surface area contributed by atoms with Crippen LogP contribution >= 0.6 is 11.8 Å². The third-order valence-electron chi connectivity index (χ3n) is 3.42. The molecule has 1 aliphatic carbocycles. The minimum atomic E-state index is 0.482. The molecule has 1 N–H and O–H groups in total. The van der Waals surface area contributed by atoms with Crippen LogP contribution in [0.25, 0.3) is 0 Å². The molecule has 3 nitrogen and oxygen atoms in total. The molecule has 0 radical (unpaired) electrons. The number of benzene rings is 1. The van der Waals surface area contributed by atoms with E-state index in [2.05, 4.69) is 40.6 Å². The predicted molar refractivity (Wildman–Crippen MR) is 84.8 cm³/mol. The molecule has 1 saturated carbocycles. The Bertz CT molecular complexity index is 659. The average Bonchev–Trinajstić information content (AvgIpc) is 3.36. The zero-order valence-corrected chi connectivity index (χ0v) is 12.6. The van der Waals surface area contributed by atoms with Crippen LogP contribution in [0.1, 0.15) is 29.7 Å². The largest absolute Gasteiger partial charge is 0.310 e. The van der Waals surface area contributed by atoms with Crippen molar-refractivity contribution >= 4 is 11.8 Å². The molecule has 106 valence electrons. The number of aromatic nitrogens is 1. The van der Waals surface area contributed by atoms with E-state index in [0.29, 0.717) is 5.69 Å². The maximum Gasteiger partial charge on any atom is 0.140 e. The van der Waals surface area contributed by atoms with Crippen LogP contribution in [0, 0.1) is 11.3 Å². The molecular weight excluding hydrogens is 278 g/mol. The molecule has 0 aliphatic heterocycles. The van der Waals surface area contributed by atoms with Crippen LogP contribution in [0.15, 0.2) is 47.5 Å². The van der Waals surface area contributed by atoms with Crippen molar-refractivity contribution in [3.05, 3.63) is 59.4 Å². The number of hydrogen-bond acceptors (Lipinski definition) is 4. The zero-order valence-electron chi connectivity index (χ0n) is 11.7. The molecule has 1 fully saturated rings. The smallest absolute Gasteiger partial charge is 0.140 e. The van der Waals surface area contributed by atoms with Crippen LogP contribution in [0.4, 0.5) is 0 Å². The van der Waals surface area contributed by atoms with Crippen molar-refractivity contribution in [2.24, 2.45) is 0 Å². The lowest BCUT2D eigenvalue weighted by atomic mass is 10.2. The molecule has 3 rings (SSSR count). The summed E-state index contributed by atoms with van der Waals surface area (Å²) in [5, 5.41) is 12.4. The first-order chi connectivity index (χ1) is 10.3. The lowest BCUT2D eigenvalue weighted by Gasteiger charge is -2.06. The maximum atomic E-state index is 8.87. The van der Waals surface area contributed by atoms with Gasteiger partial charge in [-0.3, -0.25) is 0 Å². The van der Waals surface area contributed by atoms with Gasteiger partial charge >= 0.3 is 0 Å². The molecule has 0 spiro atoms. The molecule has 4 heteroatoms. The Hall–Kier alpha value is -1.83. The summed E-state index contributed by atoms with van der Waals surface area (Å²) in [5.41, 5.74) is 2.95. The molecule has 1 aromatic heterocycles. The normalized spacial score (nSPS) is 13.9. The van der Waals surface area contributed by atoms with E-state index in [1.165, 1.54) is 23.3 Å². The summed E-state index contributed by atoms with van der Waals surface area (Å²) in [7, 11) is 0. The van der Waals surface area contributed by atoms with Crippen LogP contribution in [0.3, 0.4) is 0 Å². The van der Waals surface area contributed by atoms with E-state index in [-0.39, 0.29) is 0 Å². The van der Waals surface area contributed by atoms with Crippen LogP contribution < -0.4 is 5.32 Å². The number of hydrogen-bond donors (Lipinski definition) is 1. The molecule has 2 aromatic rings. The van der Waals surface area contributed by atoms with Crippen molar-refractivity contribution < 1.29 is 0 Å². The minimum absolute atomic E-state index is 0.482. The summed E-state index contributed by atoms with van der Waals surface area (Å²) in [6, 6.07) is 15.3. The lowest BCUT2D eigenvalue weighted by Crippen LogP contribution is -2.15. The van der Waals surface area contributed by atoms with E-state index >= 15 is 0 Å². The highest BCUT2D eigenvalue weighted by Crippen LogP contribution is 2.24.